The van der Waals surface area contributed by atoms with Crippen molar-refractivity contribution in [2.75, 3.05) is 13.2 Å². The van der Waals surface area contributed by atoms with Gasteiger partial charge in [-0.15, -0.1) is 0 Å². The Morgan fingerprint density at radius 3 is 1.86 bits per heavy atom. The molecule has 188 valence electrons. The van der Waals surface area contributed by atoms with E-state index in [0.717, 1.165) is 54.7 Å². The first-order valence-corrected chi connectivity index (χ1v) is 13.1. The molecule has 0 amide bonds. The molecule has 4 nitrogen and oxygen atoms in total. The van der Waals surface area contributed by atoms with Crippen molar-refractivity contribution in [1.82, 2.24) is 9.97 Å². The summed E-state index contributed by atoms with van der Waals surface area (Å²) in [6, 6.07) is 15.6. The zero-order valence-electron chi connectivity index (χ0n) is 21.2. The molecule has 0 fully saturated rings. The third-order valence-corrected chi connectivity index (χ3v) is 6.02. The molecule has 1 unspecified atom stereocenters. The zero-order valence-corrected chi connectivity index (χ0v) is 21.2. The highest BCUT2D eigenvalue weighted by molar-refractivity contribution is 5.64. The van der Waals surface area contributed by atoms with Crippen LogP contribution in [0.2, 0.25) is 0 Å². The summed E-state index contributed by atoms with van der Waals surface area (Å²) in [5, 5.41) is 0. The highest BCUT2D eigenvalue weighted by Crippen LogP contribution is 2.24. The average molecular weight is 479 g/mol. The Kier molecular flexibility index (Phi) is 11.5. The molecule has 0 aliphatic carbocycles. The minimum Gasteiger partial charge on any atom is -0.494 e. The molecule has 0 spiro atoms. The van der Waals surface area contributed by atoms with Gasteiger partial charge in [-0.2, -0.15) is 0 Å². The van der Waals surface area contributed by atoms with Gasteiger partial charge in [0.05, 0.1) is 6.61 Å². The van der Waals surface area contributed by atoms with Crippen LogP contribution in [0.15, 0.2) is 60.9 Å². The second-order valence-electron chi connectivity index (χ2n) is 9.01. The van der Waals surface area contributed by atoms with Crippen LogP contribution in [-0.4, -0.2) is 29.4 Å². The van der Waals surface area contributed by atoms with Gasteiger partial charge >= 0.3 is 0 Å². The number of benzene rings is 2. The van der Waals surface area contributed by atoms with E-state index in [1.807, 2.05) is 60.9 Å². The summed E-state index contributed by atoms with van der Waals surface area (Å²) >= 11 is 0. The molecule has 2 aromatic carbocycles. The van der Waals surface area contributed by atoms with E-state index in [9.17, 15) is 4.39 Å². The molecule has 0 bridgehead atoms. The molecule has 1 aromatic heterocycles. The number of alkyl halides is 1. The van der Waals surface area contributed by atoms with Crippen LogP contribution in [-0.2, 0) is 0 Å². The van der Waals surface area contributed by atoms with Crippen molar-refractivity contribution >= 4 is 0 Å². The molecule has 0 aliphatic heterocycles. The summed E-state index contributed by atoms with van der Waals surface area (Å²) in [5.41, 5.74) is 2.90. The van der Waals surface area contributed by atoms with E-state index in [2.05, 4.69) is 23.8 Å². The average Bonchev–Trinajstić information content (AvgIpc) is 2.91. The Bertz CT molecular complexity index is 959. The predicted octanol–water partition coefficient (Wildman–Crippen LogP) is 8.46. The molecule has 1 atom stereocenters. The van der Waals surface area contributed by atoms with Gasteiger partial charge in [-0.25, -0.2) is 14.4 Å². The monoisotopic (exact) mass is 478 g/mol. The van der Waals surface area contributed by atoms with Gasteiger partial charge in [-0.1, -0.05) is 70.9 Å². The third-order valence-electron chi connectivity index (χ3n) is 6.02. The number of hydrogen-bond donors (Lipinski definition) is 0. The normalized spacial score (nSPS) is 11.9. The standard InChI is InChI=1S/C30H39FN2O2/c1-3-5-7-9-11-27(31)23-35-29-18-14-25(15-19-29)30-32-21-26(22-33-30)24-12-16-28(17-13-24)34-20-10-8-6-4-2/h12-19,21-22,27H,3-11,20,23H2,1-2H3. The number of aromatic nitrogens is 2. The maximum Gasteiger partial charge on any atom is 0.159 e. The Morgan fingerprint density at radius 1 is 0.657 bits per heavy atom. The number of halogens is 1. The first-order valence-electron chi connectivity index (χ1n) is 13.1. The van der Waals surface area contributed by atoms with Crippen molar-refractivity contribution in [3.63, 3.8) is 0 Å². The van der Waals surface area contributed by atoms with E-state index < -0.39 is 6.17 Å². The number of ether oxygens (including phenoxy) is 2. The molecule has 35 heavy (non-hydrogen) atoms. The number of nitrogens with zero attached hydrogens (tertiary/aromatic N) is 2. The van der Waals surface area contributed by atoms with E-state index in [0.29, 0.717) is 18.0 Å². The highest BCUT2D eigenvalue weighted by Gasteiger charge is 2.08. The molecule has 0 radical (unpaired) electrons. The highest BCUT2D eigenvalue weighted by atomic mass is 19.1. The van der Waals surface area contributed by atoms with Crippen LogP contribution in [0, 0.1) is 0 Å². The van der Waals surface area contributed by atoms with Crippen molar-refractivity contribution in [2.24, 2.45) is 0 Å². The lowest BCUT2D eigenvalue weighted by molar-refractivity contribution is 0.184. The molecule has 5 heteroatoms. The summed E-state index contributed by atoms with van der Waals surface area (Å²) < 4.78 is 25.4. The lowest BCUT2D eigenvalue weighted by Gasteiger charge is -2.11. The fourth-order valence-electron chi connectivity index (χ4n) is 3.85. The summed E-state index contributed by atoms with van der Waals surface area (Å²) in [6.45, 7) is 5.22. The van der Waals surface area contributed by atoms with Crippen LogP contribution in [0.1, 0.15) is 71.6 Å². The minimum atomic E-state index is -0.922. The summed E-state index contributed by atoms with van der Waals surface area (Å²) in [4.78, 5) is 9.07. The van der Waals surface area contributed by atoms with E-state index >= 15 is 0 Å². The number of rotatable bonds is 16. The summed E-state index contributed by atoms with van der Waals surface area (Å²) in [6.07, 6.45) is 12.4. The quantitative estimate of drug-likeness (QED) is 0.194. The Hall–Kier alpha value is -2.95. The van der Waals surface area contributed by atoms with Crippen molar-refractivity contribution in [2.45, 2.75) is 77.8 Å². The van der Waals surface area contributed by atoms with Crippen molar-refractivity contribution in [1.29, 1.82) is 0 Å². The maximum atomic E-state index is 14.0. The van der Waals surface area contributed by atoms with E-state index in [4.69, 9.17) is 9.47 Å². The lowest BCUT2D eigenvalue weighted by Crippen LogP contribution is -2.12. The van der Waals surface area contributed by atoms with Crippen LogP contribution in [0.25, 0.3) is 22.5 Å². The van der Waals surface area contributed by atoms with Crippen molar-refractivity contribution < 1.29 is 13.9 Å². The second kappa shape index (κ2) is 15.1. The summed E-state index contributed by atoms with van der Waals surface area (Å²) in [5.74, 6) is 2.20. The van der Waals surface area contributed by atoms with Gasteiger partial charge in [0.2, 0.25) is 0 Å². The smallest absolute Gasteiger partial charge is 0.159 e. The van der Waals surface area contributed by atoms with Crippen LogP contribution in [0.4, 0.5) is 4.39 Å². The minimum absolute atomic E-state index is 0.0966. The Balaban J connectivity index is 1.47. The second-order valence-corrected chi connectivity index (χ2v) is 9.01. The zero-order chi connectivity index (χ0) is 24.7. The molecule has 0 N–H and O–H groups in total. The van der Waals surface area contributed by atoms with Crippen LogP contribution in [0.3, 0.4) is 0 Å². The maximum absolute atomic E-state index is 14.0. The molecule has 0 aliphatic rings. The molecule has 1 heterocycles. The molecule has 0 saturated carbocycles. The van der Waals surface area contributed by atoms with Gasteiger partial charge in [-0.3, -0.25) is 0 Å². The van der Waals surface area contributed by atoms with Gasteiger partial charge in [-0.05, 0) is 54.8 Å². The van der Waals surface area contributed by atoms with Gasteiger partial charge < -0.3 is 9.47 Å². The number of hydrogen-bond acceptors (Lipinski definition) is 4. The van der Waals surface area contributed by atoms with Crippen LogP contribution < -0.4 is 9.47 Å². The predicted molar refractivity (Wildman–Crippen MR) is 142 cm³/mol. The fraction of sp³-hybridized carbons (Fsp3) is 0.467. The topological polar surface area (TPSA) is 44.2 Å². The number of unbranched alkanes of at least 4 members (excludes halogenated alkanes) is 6. The van der Waals surface area contributed by atoms with E-state index in [1.54, 1.807) is 0 Å². The Morgan fingerprint density at radius 2 is 1.23 bits per heavy atom. The van der Waals surface area contributed by atoms with E-state index in [-0.39, 0.29) is 6.61 Å². The van der Waals surface area contributed by atoms with Crippen LogP contribution in [0.5, 0.6) is 11.5 Å². The third kappa shape index (κ3) is 9.31. The first-order chi connectivity index (χ1) is 17.2. The molecule has 3 rings (SSSR count). The molecule has 0 saturated heterocycles. The van der Waals surface area contributed by atoms with Gasteiger partial charge in [0.1, 0.15) is 24.3 Å². The molecular weight excluding hydrogens is 439 g/mol. The summed E-state index contributed by atoms with van der Waals surface area (Å²) in [7, 11) is 0. The Labute approximate surface area is 209 Å². The van der Waals surface area contributed by atoms with Gasteiger partial charge in [0, 0.05) is 23.5 Å². The SMILES string of the molecule is CCCCCCOc1ccc(-c2cnc(-c3ccc(OCC(F)CCCCCC)cc3)nc2)cc1. The fourth-order valence-corrected chi connectivity index (χ4v) is 3.85. The lowest BCUT2D eigenvalue weighted by atomic mass is 10.1. The van der Waals surface area contributed by atoms with E-state index in [1.165, 1.54) is 25.7 Å². The largest absolute Gasteiger partial charge is 0.494 e. The van der Waals surface area contributed by atoms with Crippen molar-refractivity contribution in [3.05, 3.63) is 60.9 Å². The molecular formula is C30H39FN2O2. The first kappa shape index (κ1) is 26.7. The van der Waals surface area contributed by atoms with Crippen molar-refractivity contribution in [3.8, 4) is 34.0 Å². The van der Waals surface area contributed by atoms with Crippen LogP contribution >= 0.6 is 0 Å². The molecule has 3 aromatic rings. The van der Waals surface area contributed by atoms with Gasteiger partial charge in [0.25, 0.3) is 0 Å². The van der Waals surface area contributed by atoms with Gasteiger partial charge in [0.15, 0.2) is 5.82 Å².